The van der Waals surface area contributed by atoms with Crippen LogP contribution in [0.2, 0.25) is 0 Å². The van der Waals surface area contributed by atoms with Crippen molar-refractivity contribution in [1.29, 1.82) is 0 Å². The molecule has 0 saturated carbocycles. The molecule has 1 aromatic carbocycles. The van der Waals surface area contributed by atoms with Crippen molar-refractivity contribution >= 4 is 26.0 Å². The second-order valence-electron chi connectivity index (χ2n) is 4.26. The predicted octanol–water partition coefficient (Wildman–Crippen LogP) is 1.85. The van der Waals surface area contributed by atoms with Gasteiger partial charge in [0.15, 0.2) is 0 Å². The molecule has 0 aliphatic carbocycles. The second kappa shape index (κ2) is 6.69. The van der Waals surface area contributed by atoms with Crippen LogP contribution in [0.1, 0.15) is 13.3 Å². The zero-order chi connectivity index (χ0) is 14.6. The lowest BCUT2D eigenvalue weighted by Gasteiger charge is -2.19. The number of nitrogens with zero attached hydrogens (tertiary/aromatic N) is 1. The maximum absolute atomic E-state index is 12.4. The molecule has 0 aliphatic rings. The van der Waals surface area contributed by atoms with Gasteiger partial charge in [0.05, 0.1) is 13.2 Å². The van der Waals surface area contributed by atoms with Gasteiger partial charge < -0.3 is 9.84 Å². The van der Waals surface area contributed by atoms with Crippen LogP contribution < -0.4 is 4.74 Å². The highest BCUT2D eigenvalue weighted by atomic mass is 79.9. The molecule has 0 aliphatic heterocycles. The summed E-state index contributed by atoms with van der Waals surface area (Å²) in [6.45, 7) is 1.87. The Hall–Kier alpha value is -0.630. The van der Waals surface area contributed by atoms with E-state index < -0.39 is 16.1 Å². The Kier molecular flexibility index (Phi) is 5.79. The zero-order valence-electron chi connectivity index (χ0n) is 11.1. The Morgan fingerprint density at radius 1 is 1.47 bits per heavy atom. The van der Waals surface area contributed by atoms with Crippen LogP contribution in [0.3, 0.4) is 0 Å². The van der Waals surface area contributed by atoms with E-state index in [4.69, 9.17) is 4.74 Å². The number of rotatable bonds is 6. The maximum Gasteiger partial charge on any atom is 0.246 e. The van der Waals surface area contributed by atoms with E-state index in [9.17, 15) is 13.5 Å². The molecule has 1 unspecified atom stereocenters. The van der Waals surface area contributed by atoms with Gasteiger partial charge in [0.2, 0.25) is 10.0 Å². The minimum absolute atomic E-state index is 0.109. The lowest BCUT2D eigenvalue weighted by atomic mass is 10.3. The Morgan fingerprint density at radius 3 is 2.63 bits per heavy atom. The van der Waals surface area contributed by atoms with E-state index in [0.717, 1.165) is 0 Å². The van der Waals surface area contributed by atoms with E-state index in [1.165, 1.54) is 24.5 Å². The van der Waals surface area contributed by atoms with Gasteiger partial charge in [0.1, 0.15) is 10.6 Å². The SMILES string of the molecule is COc1ccc(Br)cc1S(=O)(=O)N(C)CCC(C)O. The summed E-state index contributed by atoms with van der Waals surface area (Å²) in [5.74, 6) is 0.298. The average molecular weight is 352 g/mol. The lowest BCUT2D eigenvalue weighted by molar-refractivity contribution is 0.177. The number of ether oxygens (including phenoxy) is 1. The first kappa shape index (κ1) is 16.4. The van der Waals surface area contributed by atoms with Crippen molar-refractivity contribution in [2.45, 2.75) is 24.3 Å². The first-order chi connectivity index (χ1) is 8.78. The quantitative estimate of drug-likeness (QED) is 0.849. The molecule has 1 N–H and O–H groups in total. The number of methoxy groups -OCH3 is 1. The zero-order valence-corrected chi connectivity index (χ0v) is 13.5. The number of hydrogen-bond donors (Lipinski definition) is 1. The van der Waals surface area contributed by atoms with Crippen LogP contribution in [0.4, 0.5) is 0 Å². The van der Waals surface area contributed by atoms with Crippen LogP contribution >= 0.6 is 15.9 Å². The molecule has 5 nitrogen and oxygen atoms in total. The summed E-state index contributed by atoms with van der Waals surface area (Å²) in [4.78, 5) is 0.109. The van der Waals surface area contributed by atoms with Crippen molar-refractivity contribution in [2.75, 3.05) is 20.7 Å². The third-order valence-electron chi connectivity index (χ3n) is 2.68. The predicted molar refractivity (Wildman–Crippen MR) is 76.8 cm³/mol. The molecule has 0 radical (unpaired) electrons. The van der Waals surface area contributed by atoms with Crippen molar-refractivity contribution < 1.29 is 18.3 Å². The third-order valence-corrected chi connectivity index (χ3v) is 5.05. The van der Waals surface area contributed by atoms with Crippen LogP contribution in [-0.2, 0) is 10.0 Å². The maximum atomic E-state index is 12.4. The highest BCUT2D eigenvalue weighted by Crippen LogP contribution is 2.29. The van der Waals surface area contributed by atoms with Gasteiger partial charge in [0, 0.05) is 18.1 Å². The topological polar surface area (TPSA) is 66.8 Å². The Morgan fingerprint density at radius 2 is 2.11 bits per heavy atom. The highest BCUT2D eigenvalue weighted by Gasteiger charge is 2.25. The van der Waals surface area contributed by atoms with Gasteiger partial charge in [-0.1, -0.05) is 15.9 Å². The second-order valence-corrected chi connectivity index (χ2v) is 7.19. The molecular formula is C12H18BrNO4S. The number of sulfonamides is 1. The summed E-state index contributed by atoms with van der Waals surface area (Å²) < 4.78 is 31.8. The molecule has 0 aromatic heterocycles. The largest absolute Gasteiger partial charge is 0.495 e. The summed E-state index contributed by atoms with van der Waals surface area (Å²) in [6.07, 6.45) is -0.159. The van der Waals surface area contributed by atoms with Gasteiger partial charge in [-0.15, -0.1) is 0 Å². The van der Waals surface area contributed by atoms with Crippen molar-refractivity contribution in [3.05, 3.63) is 22.7 Å². The molecule has 1 aromatic rings. The van der Waals surface area contributed by atoms with E-state index in [1.54, 1.807) is 19.1 Å². The summed E-state index contributed by atoms with van der Waals surface area (Å²) in [6, 6.07) is 4.82. The molecule has 1 atom stereocenters. The van der Waals surface area contributed by atoms with Crippen LogP contribution in [0.25, 0.3) is 0 Å². The fourth-order valence-corrected chi connectivity index (χ4v) is 3.38. The van der Waals surface area contributed by atoms with Gasteiger partial charge >= 0.3 is 0 Å². The fraction of sp³-hybridized carbons (Fsp3) is 0.500. The van der Waals surface area contributed by atoms with Crippen LogP contribution in [-0.4, -0.2) is 44.6 Å². The molecule has 0 saturated heterocycles. The van der Waals surface area contributed by atoms with Gasteiger partial charge in [-0.05, 0) is 31.5 Å². The van der Waals surface area contributed by atoms with Crippen LogP contribution in [0.15, 0.2) is 27.6 Å². The molecule has 19 heavy (non-hydrogen) atoms. The summed E-state index contributed by atoms with van der Waals surface area (Å²) in [5.41, 5.74) is 0. The summed E-state index contributed by atoms with van der Waals surface area (Å²) in [7, 11) is -0.720. The molecular weight excluding hydrogens is 334 g/mol. The van der Waals surface area contributed by atoms with Gasteiger partial charge in [0.25, 0.3) is 0 Å². The monoisotopic (exact) mass is 351 g/mol. The fourth-order valence-electron chi connectivity index (χ4n) is 1.51. The van der Waals surface area contributed by atoms with Gasteiger partial charge in [-0.25, -0.2) is 12.7 Å². The molecule has 0 heterocycles. The first-order valence-electron chi connectivity index (χ1n) is 5.77. The van der Waals surface area contributed by atoms with Crippen molar-refractivity contribution in [1.82, 2.24) is 4.31 Å². The van der Waals surface area contributed by atoms with E-state index in [-0.39, 0.29) is 11.4 Å². The number of hydrogen-bond acceptors (Lipinski definition) is 4. The molecule has 0 bridgehead atoms. The van der Waals surface area contributed by atoms with Crippen molar-refractivity contribution in [3.63, 3.8) is 0 Å². The minimum atomic E-state index is -3.63. The lowest BCUT2D eigenvalue weighted by Crippen LogP contribution is -2.29. The van der Waals surface area contributed by atoms with E-state index >= 15 is 0 Å². The number of aliphatic hydroxyl groups excluding tert-OH is 1. The van der Waals surface area contributed by atoms with Crippen LogP contribution in [0, 0.1) is 0 Å². The Bertz CT molecular complexity index is 531. The summed E-state index contributed by atoms with van der Waals surface area (Å²) >= 11 is 3.25. The van der Waals surface area contributed by atoms with Gasteiger partial charge in [-0.2, -0.15) is 0 Å². The number of benzene rings is 1. The van der Waals surface area contributed by atoms with Gasteiger partial charge in [-0.3, -0.25) is 0 Å². The first-order valence-corrected chi connectivity index (χ1v) is 8.00. The molecule has 108 valence electrons. The Balaban J connectivity index is 3.09. The third kappa shape index (κ3) is 4.17. The van der Waals surface area contributed by atoms with E-state index in [2.05, 4.69) is 15.9 Å². The number of halogens is 1. The molecule has 0 spiro atoms. The molecule has 0 fully saturated rings. The van der Waals surface area contributed by atoms with Crippen molar-refractivity contribution in [3.8, 4) is 5.75 Å². The number of aliphatic hydroxyl groups is 1. The van der Waals surface area contributed by atoms with Crippen molar-refractivity contribution in [2.24, 2.45) is 0 Å². The average Bonchev–Trinajstić information content (AvgIpc) is 2.35. The van der Waals surface area contributed by atoms with Crippen LogP contribution in [0.5, 0.6) is 5.75 Å². The standard InChI is InChI=1S/C12H18BrNO4S/c1-9(15)6-7-14(2)19(16,17)12-8-10(13)4-5-11(12)18-3/h4-5,8-9,15H,6-7H2,1-3H3. The Labute approximate surface area is 122 Å². The molecule has 0 amide bonds. The summed E-state index contributed by atoms with van der Waals surface area (Å²) in [5, 5.41) is 9.23. The smallest absolute Gasteiger partial charge is 0.246 e. The van der Waals surface area contributed by atoms with E-state index in [0.29, 0.717) is 16.6 Å². The normalized spacial score (nSPS) is 13.6. The minimum Gasteiger partial charge on any atom is -0.495 e. The molecule has 7 heteroatoms. The molecule has 1 rings (SSSR count). The highest BCUT2D eigenvalue weighted by molar-refractivity contribution is 9.10. The van der Waals surface area contributed by atoms with E-state index in [1.807, 2.05) is 0 Å².